The summed E-state index contributed by atoms with van der Waals surface area (Å²) in [5.41, 5.74) is 3.96. The predicted molar refractivity (Wildman–Crippen MR) is 115 cm³/mol. The third kappa shape index (κ3) is 3.87. The molecule has 4 rings (SSSR count). The monoisotopic (exact) mass is 420 g/mol. The van der Waals surface area contributed by atoms with Crippen LogP contribution in [0.3, 0.4) is 0 Å². The third-order valence-corrected chi connectivity index (χ3v) is 4.88. The van der Waals surface area contributed by atoms with E-state index in [1.54, 1.807) is 18.3 Å². The lowest BCUT2D eigenvalue weighted by Gasteiger charge is -2.14. The second-order valence-corrected chi connectivity index (χ2v) is 6.80. The van der Waals surface area contributed by atoms with Crippen molar-refractivity contribution in [2.45, 2.75) is 6.92 Å². The Morgan fingerprint density at radius 1 is 1.03 bits per heavy atom. The van der Waals surface area contributed by atoms with Gasteiger partial charge in [-0.2, -0.15) is 0 Å². The maximum absolute atomic E-state index is 13.0. The van der Waals surface area contributed by atoms with Gasteiger partial charge in [0.2, 0.25) is 11.3 Å². The highest BCUT2D eigenvalue weighted by molar-refractivity contribution is 6.05. The number of amides is 1. The number of rotatable bonds is 6. The van der Waals surface area contributed by atoms with Crippen LogP contribution in [-0.2, 0) is 0 Å². The number of aromatic nitrogens is 2. The molecule has 8 nitrogen and oxygen atoms in total. The molecule has 31 heavy (non-hydrogen) atoms. The van der Waals surface area contributed by atoms with Gasteiger partial charge < -0.3 is 23.9 Å². The Labute approximate surface area is 178 Å². The standard InChI is InChI=1S/C23H21N3O5/c1-13-7-8-14(23-26-21-17(31-23)6-5-9-24-21)10-16(13)25-22(27)15-11-18(28-2)20(30-4)19(12-15)29-3/h5-12H,1-4H3,(H,25,27)/p+1. The van der Waals surface area contributed by atoms with Gasteiger partial charge in [0, 0.05) is 16.2 Å². The Kier molecular flexibility index (Phi) is 5.44. The van der Waals surface area contributed by atoms with Crippen LogP contribution in [0.5, 0.6) is 17.2 Å². The molecule has 2 aromatic carbocycles. The fourth-order valence-electron chi connectivity index (χ4n) is 3.23. The number of anilines is 1. The van der Waals surface area contributed by atoms with Crippen LogP contribution in [0.1, 0.15) is 15.9 Å². The molecular formula is C23H22N3O5+. The fraction of sp³-hybridized carbons (Fsp3) is 0.174. The van der Waals surface area contributed by atoms with E-state index < -0.39 is 0 Å². The lowest BCUT2D eigenvalue weighted by molar-refractivity contribution is -0.347. The minimum absolute atomic E-state index is 0.314. The van der Waals surface area contributed by atoms with Crippen LogP contribution in [0.2, 0.25) is 0 Å². The van der Waals surface area contributed by atoms with E-state index in [1.807, 2.05) is 37.3 Å². The summed E-state index contributed by atoms with van der Waals surface area (Å²) < 4.78 is 21.8. The number of methoxy groups -OCH3 is 3. The number of carbonyl (C=O) groups is 1. The van der Waals surface area contributed by atoms with Crippen molar-refractivity contribution < 1.29 is 28.4 Å². The van der Waals surface area contributed by atoms with Crippen LogP contribution >= 0.6 is 0 Å². The van der Waals surface area contributed by atoms with Crippen LogP contribution < -0.4 is 24.5 Å². The van der Waals surface area contributed by atoms with Crippen molar-refractivity contribution in [3.05, 3.63) is 59.8 Å². The first-order valence-corrected chi connectivity index (χ1v) is 9.53. The van der Waals surface area contributed by atoms with Gasteiger partial charge in [0.15, 0.2) is 11.5 Å². The van der Waals surface area contributed by atoms with E-state index in [0.717, 1.165) is 11.1 Å². The molecule has 0 aliphatic rings. The summed E-state index contributed by atoms with van der Waals surface area (Å²) in [4.78, 5) is 20.5. The number of hydrogen-bond acceptors (Lipinski definition) is 6. The molecule has 0 aliphatic heterocycles. The van der Waals surface area contributed by atoms with Crippen molar-refractivity contribution in [2.75, 3.05) is 26.6 Å². The molecular weight excluding hydrogens is 398 g/mol. The highest BCUT2D eigenvalue weighted by Gasteiger charge is 2.20. The van der Waals surface area contributed by atoms with Crippen molar-refractivity contribution in [3.63, 3.8) is 0 Å². The van der Waals surface area contributed by atoms with E-state index in [9.17, 15) is 4.79 Å². The lowest BCUT2D eigenvalue weighted by Crippen LogP contribution is -2.13. The first kappa shape index (κ1) is 20.2. The first-order valence-electron chi connectivity index (χ1n) is 9.53. The Morgan fingerprint density at radius 2 is 1.77 bits per heavy atom. The first-order chi connectivity index (χ1) is 15.0. The molecule has 2 heterocycles. The second-order valence-electron chi connectivity index (χ2n) is 6.80. The third-order valence-electron chi connectivity index (χ3n) is 4.88. The SMILES string of the molecule is COc1cc(C(=O)Nc2cc(-c3nc4[nH+]cccc4o3)ccc2C)cc(OC)c1OC. The van der Waals surface area contributed by atoms with Gasteiger partial charge in [-0.1, -0.05) is 6.07 Å². The highest BCUT2D eigenvalue weighted by Crippen LogP contribution is 2.38. The molecule has 2 N–H and O–H groups in total. The molecule has 158 valence electrons. The van der Waals surface area contributed by atoms with Gasteiger partial charge in [-0.25, -0.2) is 4.98 Å². The number of H-pyrrole nitrogens is 1. The van der Waals surface area contributed by atoms with Gasteiger partial charge in [-0.15, -0.1) is 0 Å². The second kappa shape index (κ2) is 8.35. The molecule has 1 amide bonds. The quantitative estimate of drug-likeness (QED) is 0.508. The summed E-state index contributed by atoms with van der Waals surface area (Å²) in [5, 5.41) is 2.94. The number of fused-ring (bicyclic) bond motifs is 1. The minimum Gasteiger partial charge on any atom is -0.493 e. The molecule has 2 aromatic heterocycles. The van der Waals surface area contributed by atoms with Crippen molar-refractivity contribution in [3.8, 4) is 28.7 Å². The summed E-state index contributed by atoms with van der Waals surface area (Å²) in [6, 6.07) is 12.5. The number of nitrogens with one attached hydrogen (secondary N) is 2. The summed E-state index contributed by atoms with van der Waals surface area (Å²) in [6.07, 6.45) is 1.78. The number of pyridine rings is 1. The van der Waals surface area contributed by atoms with Gasteiger partial charge in [-0.05, 0) is 48.9 Å². The molecule has 0 radical (unpaired) electrons. The van der Waals surface area contributed by atoms with Crippen LogP contribution in [0.15, 0.2) is 53.1 Å². The van der Waals surface area contributed by atoms with Gasteiger partial charge in [0.05, 0.1) is 33.1 Å². The number of hydrogen-bond donors (Lipinski definition) is 1. The predicted octanol–water partition coefficient (Wildman–Crippen LogP) is 3.90. The minimum atomic E-state index is -0.314. The fourth-order valence-corrected chi connectivity index (χ4v) is 3.23. The molecule has 0 unspecified atom stereocenters. The van der Waals surface area contributed by atoms with Crippen LogP contribution in [0.4, 0.5) is 5.69 Å². The summed E-state index contributed by atoms with van der Waals surface area (Å²) >= 11 is 0. The zero-order valence-corrected chi connectivity index (χ0v) is 17.6. The average molecular weight is 420 g/mol. The Bertz CT molecular complexity index is 1210. The number of benzene rings is 2. The van der Waals surface area contributed by atoms with Crippen molar-refractivity contribution in [1.82, 2.24) is 4.98 Å². The summed E-state index contributed by atoms with van der Waals surface area (Å²) in [5.74, 6) is 1.37. The maximum Gasteiger partial charge on any atom is 0.368 e. The van der Waals surface area contributed by atoms with Crippen LogP contribution in [0.25, 0.3) is 22.7 Å². The number of aryl methyl sites for hydroxylation is 1. The largest absolute Gasteiger partial charge is 0.493 e. The number of carbonyl (C=O) groups excluding carboxylic acids is 1. The molecule has 0 saturated heterocycles. The average Bonchev–Trinajstić information content (AvgIpc) is 3.23. The molecule has 0 bridgehead atoms. The van der Waals surface area contributed by atoms with Crippen molar-refractivity contribution >= 4 is 22.8 Å². The van der Waals surface area contributed by atoms with Crippen LogP contribution in [0, 0.1) is 6.92 Å². The van der Waals surface area contributed by atoms with Gasteiger partial charge in [-0.3, -0.25) is 4.79 Å². The van der Waals surface area contributed by atoms with Gasteiger partial charge in [0.1, 0.15) is 0 Å². The zero-order chi connectivity index (χ0) is 22.0. The maximum atomic E-state index is 13.0. The molecule has 0 spiro atoms. The van der Waals surface area contributed by atoms with E-state index in [2.05, 4.69) is 15.3 Å². The van der Waals surface area contributed by atoms with Gasteiger partial charge in [0.25, 0.3) is 5.91 Å². The van der Waals surface area contributed by atoms with Crippen LogP contribution in [-0.4, -0.2) is 32.2 Å². The molecule has 0 aliphatic carbocycles. The van der Waals surface area contributed by atoms with E-state index >= 15 is 0 Å². The molecule has 4 aromatic rings. The van der Waals surface area contributed by atoms with E-state index in [1.165, 1.54) is 21.3 Å². The molecule has 0 saturated carbocycles. The number of aromatic amines is 1. The normalized spacial score (nSPS) is 10.7. The van der Waals surface area contributed by atoms with E-state index in [4.69, 9.17) is 18.6 Å². The summed E-state index contributed by atoms with van der Waals surface area (Å²) in [6.45, 7) is 1.91. The molecule has 8 heteroatoms. The van der Waals surface area contributed by atoms with Gasteiger partial charge >= 0.3 is 11.5 Å². The van der Waals surface area contributed by atoms with E-state index in [-0.39, 0.29) is 5.91 Å². The number of nitrogens with zero attached hydrogens (tertiary/aromatic N) is 1. The summed E-state index contributed by atoms with van der Waals surface area (Å²) in [7, 11) is 4.52. The Hall–Kier alpha value is -4.07. The lowest BCUT2D eigenvalue weighted by atomic mass is 10.1. The number of oxazole rings is 1. The smallest absolute Gasteiger partial charge is 0.368 e. The Morgan fingerprint density at radius 3 is 2.42 bits per heavy atom. The van der Waals surface area contributed by atoms with E-state index in [0.29, 0.717) is 45.6 Å². The molecule has 0 atom stereocenters. The number of ether oxygens (including phenoxy) is 3. The Balaban J connectivity index is 1.66. The molecule has 0 fully saturated rings. The highest BCUT2D eigenvalue weighted by atomic mass is 16.5. The van der Waals surface area contributed by atoms with Crippen molar-refractivity contribution in [1.29, 1.82) is 0 Å². The zero-order valence-electron chi connectivity index (χ0n) is 17.6. The topological polar surface area (TPSA) is 97.0 Å². The van der Waals surface area contributed by atoms with Crippen molar-refractivity contribution in [2.24, 2.45) is 0 Å².